The first kappa shape index (κ1) is 24.7. The van der Waals surface area contributed by atoms with Gasteiger partial charge in [-0.2, -0.15) is 18.4 Å². The maximum Gasteiger partial charge on any atom is 0.429 e. The molecule has 1 aliphatic heterocycles. The monoisotopic (exact) mass is 517 g/mol. The van der Waals surface area contributed by atoms with Gasteiger partial charge in [0.15, 0.2) is 5.78 Å². The molecule has 0 saturated heterocycles. The van der Waals surface area contributed by atoms with Crippen LogP contribution >= 0.6 is 23.2 Å². The molecule has 0 fully saturated rings. The van der Waals surface area contributed by atoms with Crippen molar-refractivity contribution in [2.24, 2.45) is 4.99 Å². The number of alkyl halides is 3. The number of hydrogen-bond donors (Lipinski definition) is 0. The number of aliphatic imine (C=N–C) groups is 1. The van der Waals surface area contributed by atoms with E-state index in [0.717, 1.165) is 0 Å². The van der Waals surface area contributed by atoms with Gasteiger partial charge in [-0.25, -0.2) is 4.99 Å². The third-order valence-corrected chi connectivity index (χ3v) is 6.31. The highest BCUT2D eigenvalue weighted by molar-refractivity contribution is 6.33. The maximum atomic E-state index is 12.9. The average Bonchev–Trinajstić information content (AvgIpc) is 3.24. The zero-order chi connectivity index (χ0) is 25.5. The van der Waals surface area contributed by atoms with Crippen molar-refractivity contribution >= 4 is 40.4 Å². The SMILES string of the molecule is CC(C(=O)Cc1ccc2c(c1)CC(C(F)(F)F)=N2)n1cc(Cl)c(-c2cc(Cl)ccc2C#N)cc1=O. The highest BCUT2D eigenvalue weighted by atomic mass is 35.5. The number of halogens is 5. The molecule has 0 spiro atoms. The largest absolute Gasteiger partial charge is 0.429 e. The molecule has 4 rings (SSSR count). The summed E-state index contributed by atoms with van der Waals surface area (Å²) in [6.07, 6.45) is -3.61. The standard InChI is InChI=1S/C25H16Cl2F3N3O2/c1-13(22(34)7-14-2-5-21-16(6-14)8-23(32-21)25(28,29)30)33-12-20(27)19(10-24(33)35)18-9-17(26)4-3-15(18)11-31/h2-6,9-10,12-13H,7-8H2,1H3. The summed E-state index contributed by atoms with van der Waals surface area (Å²) in [7, 11) is 0. The van der Waals surface area contributed by atoms with Gasteiger partial charge in [0.05, 0.1) is 28.4 Å². The van der Waals surface area contributed by atoms with Gasteiger partial charge in [0.25, 0.3) is 5.56 Å². The molecule has 178 valence electrons. The van der Waals surface area contributed by atoms with Crippen LogP contribution in [-0.4, -0.2) is 22.2 Å². The zero-order valence-corrected chi connectivity index (χ0v) is 19.7. The number of carbonyl (C=O) groups is 1. The molecule has 3 aromatic rings. The van der Waals surface area contributed by atoms with Gasteiger partial charge < -0.3 is 4.57 Å². The van der Waals surface area contributed by atoms with Crippen LogP contribution in [0.25, 0.3) is 11.1 Å². The minimum absolute atomic E-state index is 0.0888. The fraction of sp³-hybridized carbons (Fsp3) is 0.200. The van der Waals surface area contributed by atoms with E-state index in [1.807, 2.05) is 6.07 Å². The molecule has 2 aromatic carbocycles. The molecule has 5 nitrogen and oxygen atoms in total. The van der Waals surface area contributed by atoms with E-state index in [-0.39, 0.29) is 34.9 Å². The molecule has 10 heteroatoms. The van der Waals surface area contributed by atoms with Crippen LogP contribution in [0.1, 0.15) is 29.7 Å². The number of fused-ring (bicyclic) bond motifs is 1. The number of Topliss-reactive ketones (excluding diaryl/α,β-unsaturated/α-hetero) is 1. The van der Waals surface area contributed by atoms with Crippen molar-refractivity contribution < 1.29 is 18.0 Å². The van der Waals surface area contributed by atoms with Gasteiger partial charge >= 0.3 is 6.18 Å². The molecule has 0 amide bonds. The predicted octanol–water partition coefficient (Wildman–Crippen LogP) is 6.26. The van der Waals surface area contributed by atoms with E-state index in [4.69, 9.17) is 23.2 Å². The summed E-state index contributed by atoms with van der Waals surface area (Å²) in [6.45, 7) is 1.54. The van der Waals surface area contributed by atoms with Crippen molar-refractivity contribution in [1.82, 2.24) is 4.57 Å². The minimum atomic E-state index is -4.50. The summed E-state index contributed by atoms with van der Waals surface area (Å²) in [5, 5.41) is 9.89. The van der Waals surface area contributed by atoms with Crippen molar-refractivity contribution in [3.8, 4) is 17.2 Å². The Morgan fingerprint density at radius 2 is 1.91 bits per heavy atom. The van der Waals surface area contributed by atoms with E-state index < -0.39 is 23.5 Å². The molecule has 0 bridgehead atoms. The van der Waals surface area contributed by atoms with Crippen LogP contribution in [0, 0.1) is 11.3 Å². The van der Waals surface area contributed by atoms with Crippen LogP contribution < -0.4 is 5.56 Å². The van der Waals surface area contributed by atoms with E-state index in [2.05, 4.69) is 4.99 Å². The van der Waals surface area contributed by atoms with Crippen LogP contribution in [0.4, 0.5) is 18.9 Å². The fourth-order valence-electron chi connectivity index (χ4n) is 3.90. The molecule has 1 atom stereocenters. The molecule has 1 unspecified atom stereocenters. The zero-order valence-electron chi connectivity index (χ0n) is 18.2. The van der Waals surface area contributed by atoms with Crippen molar-refractivity contribution in [2.45, 2.75) is 32.0 Å². The van der Waals surface area contributed by atoms with Crippen LogP contribution in [0.15, 0.2) is 58.4 Å². The third-order valence-electron chi connectivity index (χ3n) is 5.77. The fourth-order valence-corrected chi connectivity index (χ4v) is 4.33. The second-order valence-corrected chi connectivity index (χ2v) is 8.94. The van der Waals surface area contributed by atoms with Crippen molar-refractivity contribution in [3.63, 3.8) is 0 Å². The molecular weight excluding hydrogens is 502 g/mol. The molecule has 0 aliphatic carbocycles. The predicted molar refractivity (Wildman–Crippen MR) is 128 cm³/mol. The summed E-state index contributed by atoms with van der Waals surface area (Å²) in [5.41, 5.74) is 0.765. The Labute approximate surface area is 208 Å². The Morgan fingerprint density at radius 1 is 1.17 bits per heavy atom. The van der Waals surface area contributed by atoms with Gasteiger partial charge in [0.2, 0.25) is 0 Å². The summed E-state index contributed by atoms with van der Waals surface area (Å²) in [5.74, 6) is -0.328. The number of nitrogens with zero attached hydrogens (tertiary/aromatic N) is 3. The van der Waals surface area contributed by atoms with Crippen molar-refractivity contribution in [3.05, 3.63) is 85.8 Å². The lowest BCUT2D eigenvalue weighted by Crippen LogP contribution is -2.28. The number of hydrogen-bond acceptors (Lipinski definition) is 4. The highest BCUT2D eigenvalue weighted by Crippen LogP contribution is 2.34. The van der Waals surface area contributed by atoms with Gasteiger partial charge in [0, 0.05) is 41.3 Å². The molecule has 0 saturated carbocycles. The Balaban J connectivity index is 1.57. The highest BCUT2D eigenvalue weighted by Gasteiger charge is 2.38. The Morgan fingerprint density at radius 3 is 2.60 bits per heavy atom. The Hall–Kier alpha value is -3.41. The summed E-state index contributed by atoms with van der Waals surface area (Å²) in [6, 6.07) is 11.5. The lowest BCUT2D eigenvalue weighted by Gasteiger charge is -2.16. The molecule has 1 aromatic heterocycles. The average molecular weight is 518 g/mol. The van der Waals surface area contributed by atoms with E-state index >= 15 is 0 Å². The smallest absolute Gasteiger partial charge is 0.304 e. The molecule has 0 N–H and O–H groups in total. The van der Waals surface area contributed by atoms with Gasteiger partial charge in [-0.1, -0.05) is 35.3 Å². The second kappa shape index (κ2) is 9.33. The number of aromatic nitrogens is 1. The van der Waals surface area contributed by atoms with E-state index in [1.165, 1.54) is 48.0 Å². The van der Waals surface area contributed by atoms with Crippen LogP contribution in [0.3, 0.4) is 0 Å². The van der Waals surface area contributed by atoms with E-state index in [0.29, 0.717) is 27.3 Å². The number of rotatable bonds is 5. The van der Waals surface area contributed by atoms with Gasteiger partial charge in [-0.05, 0) is 42.3 Å². The summed E-state index contributed by atoms with van der Waals surface area (Å²) >= 11 is 12.5. The number of nitriles is 1. The topological polar surface area (TPSA) is 75.2 Å². The Bertz CT molecular complexity index is 1490. The van der Waals surface area contributed by atoms with E-state index in [1.54, 1.807) is 12.1 Å². The molecule has 0 radical (unpaired) electrons. The summed E-state index contributed by atoms with van der Waals surface area (Å²) in [4.78, 5) is 29.4. The third kappa shape index (κ3) is 5.02. The van der Waals surface area contributed by atoms with Gasteiger partial charge in [0.1, 0.15) is 5.71 Å². The molecule has 35 heavy (non-hydrogen) atoms. The van der Waals surface area contributed by atoms with Gasteiger partial charge in [-0.15, -0.1) is 0 Å². The van der Waals surface area contributed by atoms with Crippen LogP contribution in [0.2, 0.25) is 10.0 Å². The van der Waals surface area contributed by atoms with Crippen molar-refractivity contribution in [2.75, 3.05) is 0 Å². The first-order valence-corrected chi connectivity index (χ1v) is 11.1. The first-order valence-electron chi connectivity index (χ1n) is 10.4. The first-order chi connectivity index (χ1) is 16.5. The normalized spacial score (nSPS) is 13.7. The minimum Gasteiger partial charge on any atom is -0.304 e. The second-order valence-electron chi connectivity index (χ2n) is 8.10. The number of pyridine rings is 1. The number of benzene rings is 2. The molecule has 1 aliphatic rings. The van der Waals surface area contributed by atoms with Crippen molar-refractivity contribution in [1.29, 1.82) is 5.26 Å². The maximum absolute atomic E-state index is 12.9. The Kier molecular flexibility index (Phi) is 6.58. The lowest BCUT2D eigenvalue weighted by molar-refractivity contribution is -0.121. The van der Waals surface area contributed by atoms with Gasteiger partial charge in [-0.3, -0.25) is 9.59 Å². The number of carbonyl (C=O) groups excluding carboxylic acids is 1. The van der Waals surface area contributed by atoms with E-state index in [9.17, 15) is 28.0 Å². The molecular formula is C25H16Cl2F3N3O2. The van der Waals surface area contributed by atoms with Crippen LogP contribution in [0.5, 0.6) is 0 Å². The van der Waals surface area contributed by atoms with Crippen LogP contribution in [-0.2, 0) is 17.6 Å². The number of ketones is 1. The summed E-state index contributed by atoms with van der Waals surface area (Å²) < 4.78 is 40.0. The lowest BCUT2D eigenvalue weighted by atomic mass is 9.99. The quantitative estimate of drug-likeness (QED) is 0.400. The molecule has 2 heterocycles.